The van der Waals surface area contributed by atoms with Crippen LogP contribution in [0.2, 0.25) is 15.1 Å². The van der Waals surface area contributed by atoms with E-state index in [0.717, 1.165) is 4.90 Å². The Morgan fingerprint density at radius 3 is 2.16 bits per heavy atom. The fraction of sp³-hybridized carbons (Fsp3) is 0.136. The van der Waals surface area contributed by atoms with Crippen molar-refractivity contribution in [3.63, 3.8) is 0 Å². The predicted octanol–water partition coefficient (Wildman–Crippen LogP) is 6.96. The lowest BCUT2D eigenvalue weighted by molar-refractivity contribution is -0.115. The number of amides is 1. The van der Waals surface area contributed by atoms with Gasteiger partial charge in [-0.25, -0.2) is 8.42 Å². The van der Waals surface area contributed by atoms with Crippen LogP contribution in [-0.4, -0.2) is 19.6 Å². The lowest BCUT2D eigenvalue weighted by Crippen LogP contribution is -2.24. The van der Waals surface area contributed by atoms with Crippen molar-refractivity contribution in [3.8, 4) is 0 Å². The molecular weight excluding hydrogens is 511 g/mol. The van der Waals surface area contributed by atoms with E-state index in [0.29, 0.717) is 22.2 Å². The zero-order chi connectivity index (χ0) is 23.3. The fourth-order valence-electron chi connectivity index (χ4n) is 2.72. The Bertz CT molecular complexity index is 1200. The van der Waals surface area contributed by atoms with E-state index in [-0.39, 0.29) is 26.8 Å². The lowest BCUT2D eigenvalue weighted by atomic mass is 10.3. The highest BCUT2D eigenvalue weighted by Gasteiger charge is 2.19. The van der Waals surface area contributed by atoms with Crippen molar-refractivity contribution in [2.24, 2.45) is 0 Å². The summed E-state index contributed by atoms with van der Waals surface area (Å²) in [6.45, 7) is 1.93. The van der Waals surface area contributed by atoms with Crippen LogP contribution in [0.5, 0.6) is 0 Å². The molecular formula is C22H19Cl3N2O3S2. The van der Waals surface area contributed by atoms with Gasteiger partial charge in [0.05, 0.1) is 20.9 Å². The van der Waals surface area contributed by atoms with Gasteiger partial charge < -0.3 is 5.32 Å². The van der Waals surface area contributed by atoms with Crippen LogP contribution in [0.4, 0.5) is 11.4 Å². The Hall–Kier alpha value is -1.90. The molecule has 0 aromatic heterocycles. The van der Waals surface area contributed by atoms with Gasteiger partial charge in [-0.2, -0.15) is 0 Å². The van der Waals surface area contributed by atoms with E-state index in [1.807, 2.05) is 19.1 Å². The molecule has 0 aliphatic carbocycles. The van der Waals surface area contributed by atoms with Gasteiger partial charge in [0.15, 0.2) is 0 Å². The Labute approximate surface area is 206 Å². The van der Waals surface area contributed by atoms with E-state index in [4.69, 9.17) is 34.8 Å². The highest BCUT2D eigenvalue weighted by molar-refractivity contribution is 8.00. The molecule has 0 bridgehead atoms. The summed E-state index contributed by atoms with van der Waals surface area (Å²) in [6, 6.07) is 17.7. The van der Waals surface area contributed by atoms with Gasteiger partial charge in [-0.15, -0.1) is 11.8 Å². The van der Waals surface area contributed by atoms with Crippen LogP contribution in [0.15, 0.2) is 76.5 Å². The molecule has 0 spiro atoms. The molecule has 3 aromatic rings. The largest absolute Gasteiger partial charge is 0.325 e. The van der Waals surface area contributed by atoms with Crippen LogP contribution >= 0.6 is 46.6 Å². The van der Waals surface area contributed by atoms with Gasteiger partial charge in [0.2, 0.25) is 5.91 Å². The molecule has 1 atom stereocenters. The Kier molecular flexibility index (Phi) is 8.36. The summed E-state index contributed by atoms with van der Waals surface area (Å²) in [6.07, 6.45) is 0.622. The zero-order valence-electron chi connectivity index (χ0n) is 16.8. The average Bonchev–Trinajstić information content (AvgIpc) is 2.75. The van der Waals surface area contributed by atoms with E-state index >= 15 is 0 Å². The Morgan fingerprint density at radius 1 is 0.938 bits per heavy atom. The van der Waals surface area contributed by atoms with Gasteiger partial charge in [0.1, 0.15) is 0 Å². The number of carbonyl (C=O) groups is 1. The molecule has 0 radical (unpaired) electrons. The quantitative estimate of drug-likeness (QED) is 0.309. The summed E-state index contributed by atoms with van der Waals surface area (Å²) < 4.78 is 27.7. The minimum Gasteiger partial charge on any atom is -0.325 e. The number of benzene rings is 3. The van der Waals surface area contributed by atoms with Crippen LogP contribution in [-0.2, 0) is 14.8 Å². The van der Waals surface area contributed by atoms with Crippen molar-refractivity contribution in [3.05, 3.63) is 81.8 Å². The molecule has 1 amide bonds. The molecule has 0 heterocycles. The Balaban J connectivity index is 1.67. The molecule has 0 saturated heterocycles. The van der Waals surface area contributed by atoms with Crippen molar-refractivity contribution in [2.75, 3.05) is 10.0 Å². The third kappa shape index (κ3) is 6.56. The molecule has 168 valence electrons. The second kappa shape index (κ2) is 10.8. The van der Waals surface area contributed by atoms with Crippen molar-refractivity contribution < 1.29 is 13.2 Å². The van der Waals surface area contributed by atoms with Crippen molar-refractivity contribution in [1.82, 2.24) is 0 Å². The SMILES string of the molecule is CCC(Sc1ccc(Cl)cc1)C(=O)Nc1ccc(S(=O)(=O)Nc2ccc(Cl)cc2Cl)cc1. The van der Waals surface area contributed by atoms with E-state index in [2.05, 4.69) is 10.0 Å². The minimum absolute atomic E-state index is 0.0316. The first kappa shape index (κ1) is 24.7. The number of thioether (sulfide) groups is 1. The van der Waals surface area contributed by atoms with Gasteiger partial charge >= 0.3 is 0 Å². The van der Waals surface area contributed by atoms with Crippen LogP contribution in [0.3, 0.4) is 0 Å². The smallest absolute Gasteiger partial charge is 0.261 e. The van der Waals surface area contributed by atoms with Gasteiger partial charge in [0, 0.05) is 20.6 Å². The first-order valence-corrected chi connectivity index (χ1v) is 13.0. The van der Waals surface area contributed by atoms with Crippen LogP contribution in [0.25, 0.3) is 0 Å². The van der Waals surface area contributed by atoms with Crippen LogP contribution in [0.1, 0.15) is 13.3 Å². The molecule has 3 aromatic carbocycles. The average molecular weight is 530 g/mol. The summed E-state index contributed by atoms with van der Waals surface area (Å²) in [4.78, 5) is 13.7. The molecule has 1 unspecified atom stereocenters. The minimum atomic E-state index is -3.86. The molecule has 3 rings (SSSR count). The summed E-state index contributed by atoms with van der Waals surface area (Å²) in [5.41, 5.74) is 0.715. The summed E-state index contributed by atoms with van der Waals surface area (Å²) >= 11 is 19.2. The van der Waals surface area contributed by atoms with Crippen LogP contribution in [0, 0.1) is 0 Å². The van der Waals surface area contributed by atoms with Gasteiger partial charge in [-0.1, -0.05) is 41.7 Å². The number of nitrogens with one attached hydrogen (secondary N) is 2. The topological polar surface area (TPSA) is 75.3 Å². The number of halogens is 3. The third-order valence-electron chi connectivity index (χ3n) is 4.36. The van der Waals surface area contributed by atoms with Crippen molar-refractivity contribution >= 4 is 73.9 Å². The van der Waals surface area contributed by atoms with Gasteiger partial charge in [0.25, 0.3) is 10.0 Å². The second-order valence-corrected chi connectivity index (χ2v) is 11.0. The number of carbonyl (C=O) groups excluding carboxylic acids is 1. The Morgan fingerprint density at radius 2 is 1.56 bits per heavy atom. The maximum Gasteiger partial charge on any atom is 0.261 e. The maximum atomic E-state index is 12.7. The van der Waals surface area contributed by atoms with Crippen molar-refractivity contribution in [1.29, 1.82) is 0 Å². The molecule has 5 nitrogen and oxygen atoms in total. The fourth-order valence-corrected chi connectivity index (χ4v) is 5.39. The first-order valence-electron chi connectivity index (χ1n) is 9.49. The molecule has 10 heteroatoms. The molecule has 0 aliphatic heterocycles. The van der Waals surface area contributed by atoms with Crippen LogP contribution < -0.4 is 10.0 Å². The van der Waals surface area contributed by atoms with E-state index < -0.39 is 10.0 Å². The number of rotatable bonds is 8. The summed E-state index contributed by atoms with van der Waals surface area (Å²) in [5, 5.41) is 3.74. The summed E-state index contributed by atoms with van der Waals surface area (Å²) in [7, 11) is -3.86. The predicted molar refractivity (Wildman–Crippen MR) is 134 cm³/mol. The second-order valence-electron chi connectivity index (χ2n) is 6.71. The molecule has 2 N–H and O–H groups in total. The number of anilines is 2. The van der Waals surface area contributed by atoms with E-state index in [1.54, 1.807) is 12.1 Å². The first-order chi connectivity index (χ1) is 15.2. The molecule has 0 fully saturated rings. The van der Waals surface area contributed by atoms with Crippen molar-refractivity contribution in [2.45, 2.75) is 28.4 Å². The highest BCUT2D eigenvalue weighted by atomic mass is 35.5. The normalized spacial score (nSPS) is 12.2. The molecule has 0 saturated carbocycles. The molecule has 0 aliphatic rings. The lowest BCUT2D eigenvalue weighted by Gasteiger charge is -2.15. The number of hydrogen-bond acceptors (Lipinski definition) is 4. The van der Waals surface area contributed by atoms with E-state index in [9.17, 15) is 13.2 Å². The summed E-state index contributed by atoms with van der Waals surface area (Å²) in [5.74, 6) is -0.172. The number of sulfonamides is 1. The monoisotopic (exact) mass is 528 g/mol. The zero-order valence-corrected chi connectivity index (χ0v) is 20.7. The number of hydrogen-bond donors (Lipinski definition) is 2. The third-order valence-corrected chi connectivity index (χ3v) is 7.92. The maximum absolute atomic E-state index is 12.7. The van der Waals surface area contributed by atoms with E-state index in [1.165, 1.54) is 54.2 Å². The standard InChI is InChI=1S/C22H19Cl3N2O3S2/c1-2-21(31-17-8-3-14(23)4-9-17)22(28)26-16-6-10-18(11-7-16)32(29,30)27-20-12-5-15(24)13-19(20)25/h3-13,21,27H,2H2,1H3,(H,26,28). The highest BCUT2D eigenvalue weighted by Crippen LogP contribution is 2.29. The van der Waals surface area contributed by atoms with Gasteiger partial charge in [-0.05, 0) is 73.2 Å². The molecule has 32 heavy (non-hydrogen) atoms. The van der Waals surface area contributed by atoms with Gasteiger partial charge in [-0.3, -0.25) is 9.52 Å².